The van der Waals surface area contributed by atoms with E-state index in [0.717, 1.165) is 11.8 Å². The molecule has 3 fully saturated rings. The minimum Gasteiger partial charge on any atom is -0.327 e. The Morgan fingerprint density at radius 1 is 1.08 bits per heavy atom. The first-order valence-electron chi connectivity index (χ1n) is 5.58. The minimum atomic E-state index is 0.582. The van der Waals surface area contributed by atoms with Crippen molar-refractivity contribution in [2.75, 3.05) is 0 Å². The zero-order valence-corrected chi connectivity index (χ0v) is 7.76. The Labute approximate surface area is 74.7 Å². The molecule has 0 aromatic rings. The molecule has 3 atom stereocenters. The summed E-state index contributed by atoms with van der Waals surface area (Å²) in [5.41, 5.74) is 7.00. The third kappa shape index (κ3) is 0.693. The highest BCUT2D eigenvalue weighted by atomic mass is 14.8. The average Bonchev–Trinajstić information content (AvgIpc) is 2.75. The summed E-state index contributed by atoms with van der Waals surface area (Å²) in [7, 11) is 0. The molecule has 0 amide bonds. The van der Waals surface area contributed by atoms with Gasteiger partial charge in [-0.1, -0.05) is 12.8 Å². The van der Waals surface area contributed by atoms with Gasteiger partial charge in [-0.3, -0.25) is 0 Å². The highest BCUT2D eigenvalue weighted by Gasteiger charge is 2.56. The minimum absolute atomic E-state index is 0.582. The molecule has 0 aromatic carbocycles. The number of hydrogen-bond acceptors (Lipinski definition) is 1. The van der Waals surface area contributed by atoms with E-state index in [1.165, 1.54) is 44.9 Å². The lowest BCUT2D eigenvalue weighted by molar-refractivity contribution is 0.139. The van der Waals surface area contributed by atoms with Gasteiger partial charge in [0, 0.05) is 6.04 Å². The molecule has 1 nitrogen and oxygen atoms in total. The highest BCUT2D eigenvalue weighted by molar-refractivity contribution is 5.09. The van der Waals surface area contributed by atoms with Gasteiger partial charge in [0.2, 0.25) is 0 Å². The SMILES string of the molecule is N[C@H]1[C@@H]2CCC(C2)C12CCCC2. The molecule has 3 aliphatic rings. The maximum Gasteiger partial charge on any atom is 0.0127 e. The predicted molar refractivity (Wildman–Crippen MR) is 49.7 cm³/mol. The van der Waals surface area contributed by atoms with Crippen LogP contribution in [0.25, 0.3) is 0 Å². The molecule has 1 heteroatoms. The van der Waals surface area contributed by atoms with Crippen molar-refractivity contribution >= 4 is 0 Å². The third-order valence-corrected chi connectivity index (χ3v) is 4.99. The summed E-state index contributed by atoms with van der Waals surface area (Å²) in [6.45, 7) is 0. The van der Waals surface area contributed by atoms with E-state index in [1.54, 1.807) is 0 Å². The summed E-state index contributed by atoms with van der Waals surface area (Å²) in [6.07, 6.45) is 10.2. The van der Waals surface area contributed by atoms with Crippen molar-refractivity contribution in [2.24, 2.45) is 23.0 Å². The standard InChI is InChI=1S/C11H19N/c12-10-8-3-4-9(7-8)11(10)5-1-2-6-11/h8-10H,1-7,12H2/t8-,9?,10+/m1/s1. The first kappa shape index (κ1) is 7.37. The second kappa shape index (κ2) is 2.25. The van der Waals surface area contributed by atoms with Gasteiger partial charge in [-0.25, -0.2) is 0 Å². The summed E-state index contributed by atoms with van der Waals surface area (Å²) < 4.78 is 0. The van der Waals surface area contributed by atoms with E-state index < -0.39 is 0 Å². The van der Waals surface area contributed by atoms with Crippen LogP contribution in [0.1, 0.15) is 44.9 Å². The zero-order valence-electron chi connectivity index (χ0n) is 7.76. The second-order valence-corrected chi connectivity index (χ2v) is 5.24. The normalized spacial score (nSPS) is 49.2. The van der Waals surface area contributed by atoms with E-state index in [9.17, 15) is 0 Å². The molecule has 3 saturated carbocycles. The van der Waals surface area contributed by atoms with Crippen LogP contribution in [-0.2, 0) is 0 Å². The monoisotopic (exact) mass is 165 g/mol. The number of fused-ring (bicyclic) bond motifs is 3. The van der Waals surface area contributed by atoms with Crippen LogP contribution in [0.5, 0.6) is 0 Å². The van der Waals surface area contributed by atoms with Crippen molar-refractivity contribution in [3.05, 3.63) is 0 Å². The molecule has 0 aliphatic heterocycles. The van der Waals surface area contributed by atoms with Crippen LogP contribution in [0.3, 0.4) is 0 Å². The fourth-order valence-corrected chi connectivity index (χ4v) is 4.38. The fraction of sp³-hybridized carbons (Fsp3) is 1.00. The van der Waals surface area contributed by atoms with Gasteiger partial charge in [-0.15, -0.1) is 0 Å². The van der Waals surface area contributed by atoms with E-state index in [1.807, 2.05) is 0 Å². The van der Waals surface area contributed by atoms with Gasteiger partial charge in [0.1, 0.15) is 0 Å². The molecule has 12 heavy (non-hydrogen) atoms. The smallest absolute Gasteiger partial charge is 0.0127 e. The largest absolute Gasteiger partial charge is 0.327 e. The molecule has 3 rings (SSSR count). The Kier molecular flexibility index (Phi) is 1.39. The predicted octanol–water partition coefficient (Wildman–Crippen LogP) is 2.30. The molecule has 1 unspecified atom stereocenters. The van der Waals surface area contributed by atoms with Crippen molar-refractivity contribution in [2.45, 2.75) is 51.0 Å². The summed E-state index contributed by atoms with van der Waals surface area (Å²) in [6, 6.07) is 0.582. The highest BCUT2D eigenvalue weighted by Crippen LogP contribution is 2.61. The Hall–Kier alpha value is -0.0400. The summed E-state index contributed by atoms with van der Waals surface area (Å²) in [5, 5.41) is 0. The summed E-state index contributed by atoms with van der Waals surface area (Å²) >= 11 is 0. The van der Waals surface area contributed by atoms with Crippen molar-refractivity contribution in [3.8, 4) is 0 Å². The maximum atomic E-state index is 6.36. The lowest BCUT2D eigenvalue weighted by atomic mass is 9.69. The number of nitrogens with two attached hydrogens (primary N) is 1. The number of rotatable bonds is 0. The summed E-state index contributed by atoms with van der Waals surface area (Å²) in [5.74, 6) is 1.94. The van der Waals surface area contributed by atoms with Crippen LogP contribution in [0, 0.1) is 17.3 Å². The Morgan fingerprint density at radius 2 is 1.83 bits per heavy atom. The van der Waals surface area contributed by atoms with Gasteiger partial charge in [0.15, 0.2) is 0 Å². The third-order valence-electron chi connectivity index (χ3n) is 4.99. The second-order valence-electron chi connectivity index (χ2n) is 5.24. The van der Waals surface area contributed by atoms with Gasteiger partial charge in [-0.05, 0) is 49.4 Å². The Bertz CT molecular complexity index is 189. The summed E-state index contributed by atoms with van der Waals surface area (Å²) in [4.78, 5) is 0. The van der Waals surface area contributed by atoms with E-state index >= 15 is 0 Å². The van der Waals surface area contributed by atoms with E-state index in [0.29, 0.717) is 11.5 Å². The zero-order chi connectivity index (χ0) is 8.18. The molecular formula is C11H19N. The van der Waals surface area contributed by atoms with Crippen molar-refractivity contribution in [1.29, 1.82) is 0 Å². The molecule has 0 radical (unpaired) electrons. The van der Waals surface area contributed by atoms with Crippen LogP contribution in [0.2, 0.25) is 0 Å². The van der Waals surface area contributed by atoms with Crippen LogP contribution < -0.4 is 5.73 Å². The van der Waals surface area contributed by atoms with E-state index in [2.05, 4.69) is 0 Å². The van der Waals surface area contributed by atoms with Crippen LogP contribution in [-0.4, -0.2) is 6.04 Å². The quantitative estimate of drug-likeness (QED) is 0.585. The topological polar surface area (TPSA) is 26.0 Å². The van der Waals surface area contributed by atoms with Gasteiger partial charge in [-0.2, -0.15) is 0 Å². The van der Waals surface area contributed by atoms with Crippen LogP contribution >= 0.6 is 0 Å². The lowest BCUT2D eigenvalue weighted by Crippen LogP contribution is -2.44. The Balaban J connectivity index is 1.94. The molecule has 2 N–H and O–H groups in total. The molecule has 3 aliphatic carbocycles. The van der Waals surface area contributed by atoms with Gasteiger partial charge >= 0.3 is 0 Å². The Morgan fingerprint density at radius 3 is 2.42 bits per heavy atom. The molecule has 68 valence electrons. The molecule has 0 saturated heterocycles. The van der Waals surface area contributed by atoms with Crippen LogP contribution in [0.4, 0.5) is 0 Å². The maximum absolute atomic E-state index is 6.36. The molecule has 0 aromatic heterocycles. The molecule has 0 heterocycles. The van der Waals surface area contributed by atoms with Crippen molar-refractivity contribution in [1.82, 2.24) is 0 Å². The molecule has 1 spiro atoms. The van der Waals surface area contributed by atoms with Gasteiger partial charge in [0.05, 0.1) is 0 Å². The van der Waals surface area contributed by atoms with Gasteiger partial charge < -0.3 is 5.73 Å². The van der Waals surface area contributed by atoms with Crippen LogP contribution in [0.15, 0.2) is 0 Å². The molecule has 2 bridgehead atoms. The van der Waals surface area contributed by atoms with E-state index in [4.69, 9.17) is 5.73 Å². The first-order valence-corrected chi connectivity index (χ1v) is 5.58. The van der Waals surface area contributed by atoms with E-state index in [-0.39, 0.29) is 0 Å². The van der Waals surface area contributed by atoms with Crippen molar-refractivity contribution < 1.29 is 0 Å². The lowest BCUT2D eigenvalue weighted by Gasteiger charge is -2.39. The number of hydrogen-bond donors (Lipinski definition) is 1. The fourth-order valence-electron chi connectivity index (χ4n) is 4.38. The van der Waals surface area contributed by atoms with Crippen molar-refractivity contribution in [3.63, 3.8) is 0 Å². The first-order chi connectivity index (χ1) is 5.83. The van der Waals surface area contributed by atoms with Gasteiger partial charge in [0.25, 0.3) is 0 Å². The average molecular weight is 165 g/mol. The molecular weight excluding hydrogens is 146 g/mol.